The number of unbranched alkanes of at least 4 members (excludes halogenated alkanes) is 9. The number of benzene rings is 1. The normalized spacial score (nSPS) is 10.9. The molecule has 32 heavy (non-hydrogen) atoms. The first-order chi connectivity index (χ1) is 15.7. The van der Waals surface area contributed by atoms with Gasteiger partial charge in [-0.3, -0.25) is 0 Å². The molecule has 1 N–H and O–H groups in total. The Morgan fingerprint density at radius 3 is 2.34 bits per heavy atom. The second-order valence-corrected chi connectivity index (χ2v) is 9.37. The van der Waals surface area contributed by atoms with Gasteiger partial charge in [0.25, 0.3) is 0 Å². The summed E-state index contributed by atoms with van der Waals surface area (Å²) in [6.07, 6.45) is 20.1. The molecule has 0 radical (unpaired) electrons. The van der Waals surface area contributed by atoms with Crippen LogP contribution in [0.3, 0.4) is 0 Å². The molecule has 6 heteroatoms. The second-order valence-electron chi connectivity index (χ2n) is 8.58. The molecule has 0 saturated heterocycles. The summed E-state index contributed by atoms with van der Waals surface area (Å²) >= 11 is 12.2. The van der Waals surface area contributed by atoms with Gasteiger partial charge in [0.1, 0.15) is 0 Å². The molecule has 2 rings (SSSR count). The third-order valence-corrected chi connectivity index (χ3v) is 6.59. The second kappa shape index (κ2) is 17.0. The molecule has 0 aliphatic heterocycles. The van der Waals surface area contributed by atoms with Crippen LogP contribution in [0.15, 0.2) is 43.0 Å². The highest BCUT2D eigenvalue weighted by Crippen LogP contribution is 2.17. The van der Waals surface area contributed by atoms with Crippen LogP contribution in [0.2, 0.25) is 5.02 Å². The van der Waals surface area contributed by atoms with Crippen LogP contribution in [0.5, 0.6) is 0 Å². The minimum absolute atomic E-state index is 0.730. The van der Waals surface area contributed by atoms with Crippen LogP contribution in [0.25, 0.3) is 0 Å². The van der Waals surface area contributed by atoms with Gasteiger partial charge in [0, 0.05) is 43.6 Å². The molecule has 2 aromatic rings. The maximum atomic E-state index is 6.41. The van der Waals surface area contributed by atoms with E-state index >= 15 is 0 Å². The van der Waals surface area contributed by atoms with Gasteiger partial charge in [-0.25, -0.2) is 4.98 Å². The van der Waals surface area contributed by atoms with E-state index in [9.17, 15) is 0 Å². The van der Waals surface area contributed by atoms with Crippen molar-refractivity contribution in [1.82, 2.24) is 19.8 Å². The van der Waals surface area contributed by atoms with Gasteiger partial charge in [-0.15, -0.1) is 0 Å². The zero-order chi connectivity index (χ0) is 22.9. The Morgan fingerprint density at radius 2 is 1.69 bits per heavy atom. The fraction of sp³-hybridized carbons (Fsp3) is 0.615. The number of halogens is 1. The highest BCUT2D eigenvalue weighted by atomic mass is 35.5. The highest BCUT2D eigenvalue weighted by Gasteiger charge is 2.12. The molecular formula is C26H41ClN4S. The molecule has 0 amide bonds. The molecule has 0 aliphatic rings. The lowest BCUT2D eigenvalue weighted by Gasteiger charge is -2.26. The van der Waals surface area contributed by atoms with Crippen LogP contribution in [0, 0.1) is 0 Å². The van der Waals surface area contributed by atoms with Crippen molar-refractivity contribution in [3.63, 3.8) is 0 Å². The summed E-state index contributed by atoms with van der Waals surface area (Å²) in [7, 11) is 0. The summed E-state index contributed by atoms with van der Waals surface area (Å²) in [6, 6.07) is 8.03. The van der Waals surface area contributed by atoms with Gasteiger partial charge in [-0.1, -0.05) is 94.5 Å². The van der Waals surface area contributed by atoms with E-state index in [1.54, 1.807) is 0 Å². The molecule has 0 bridgehead atoms. The lowest BCUT2D eigenvalue weighted by atomic mass is 10.1. The van der Waals surface area contributed by atoms with E-state index in [-0.39, 0.29) is 0 Å². The van der Waals surface area contributed by atoms with Gasteiger partial charge >= 0.3 is 0 Å². The van der Waals surface area contributed by atoms with Crippen molar-refractivity contribution < 1.29 is 0 Å². The summed E-state index contributed by atoms with van der Waals surface area (Å²) in [5.41, 5.74) is 1.11. The summed E-state index contributed by atoms with van der Waals surface area (Å²) in [5.74, 6) is 0. The lowest BCUT2D eigenvalue weighted by Crippen LogP contribution is -2.40. The van der Waals surface area contributed by atoms with Crippen LogP contribution in [-0.2, 0) is 13.1 Å². The van der Waals surface area contributed by atoms with Gasteiger partial charge in [0.05, 0.1) is 6.33 Å². The van der Waals surface area contributed by atoms with E-state index in [0.29, 0.717) is 0 Å². The third-order valence-electron chi connectivity index (χ3n) is 5.82. The number of nitrogens with one attached hydrogen (secondary N) is 1. The van der Waals surface area contributed by atoms with E-state index in [2.05, 4.69) is 32.8 Å². The van der Waals surface area contributed by atoms with Crippen LogP contribution in [0.1, 0.15) is 83.1 Å². The summed E-state index contributed by atoms with van der Waals surface area (Å²) in [4.78, 5) is 6.36. The van der Waals surface area contributed by atoms with E-state index < -0.39 is 0 Å². The minimum atomic E-state index is 0.730. The molecular weight excluding hydrogens is 436 g/mol. The quantitative estimate of drug-likeness (QED) is 0.193. The van der Waals surface area contributed by atoms with Crippen molar-refractivity contribution in [2.45, 2.75) is 90.6 Å². The number of aromatic nitrogens is 2. The Kier molecular flexibility index (Phi) is 14.1. The van der Waals surface area contributed by atoms with Crippen molar-refractivity contribution in [3.8, 4) is 0 Å². The molecule has 1 heterocycles. The number of hydrogen-bond acceptors (Lipinski definition) is 2. The van der Waals surface area contributed by atoms with Crippen molar-refractivity contribution in [1.29, 1.82) is 0 Å². The largest absolute Gasteiger partial charge is 0.363 e. The number of rotatable bonds is 17. The van der Waals surface area contributed by atoms with Crippen molar-refractivity contribution in [2.24, 2.45) is 0 Å². The molecule has 0 unspecified atom stereocenters. The summed E-state index contributed by atoms with van der Waals surface area (Å²) < 4.78 is 2.11. The number of imidazole rings is 1. The smallest absolute Gasteiger partial charge is 0.169 e. The summed E-state index contributed by atoms with van der Waals surface area (Å²) in [5, 5.41) is 5.11. The van der Waals surface area contributed by atoms with Crippen LogP contribution in [-0.4, -0.2) is 32.7 Å². The van der Waals surface area contributed by atoms with E-state index in [1.807, 2.05) is 36.9 Å². The predicted molar refractivity (Wildman–Crippen MR) is 141 cm³/mol. The topological polar surface area (TPSA) is 33.1 Å². The molecule has 1 aromatic carbocycles. The van der Waals surface area contributed by atoms with E-state index in [1.165, 1.54) is 64.2 Å². The molecule has 1 aromatic heterocycles. The van der Waals surface area contributed by atoms with Crippen LogP contribution in [0.4, 0.5) is 0 Å². The molecule has 0 fully saturated rings. The fourth-order valence-corrected chi connectivity index (χ4v) is 4.32. The summed E-state index contributed by atoms with van der Waals surface area (Å²) in [6.45, 7) is 5.76. The number of thiocarbonyl (C=S) groups is 1. The van der Waals surface area contributed by atoms with Crippen molar-refractivity contribution in [3.05, 3.63) is 53.6 Å². The lowest BCUT2D eigenvalue weighted by molar-refractivity contribution is 0.384. The Balaban J connectivity index is 1.67. The number of nitrogens with zero attached hydrogens (tertiary/aromatic N) is 3. The zero-order valence-corrected chi connectivity index (χ0v) is 21.3. The predicted octanol–water partition coefficient (Wildman–Crippen LogP) is 7.22. The number of aryl methyl sites for hydroxylation is 1. The first kappa shape index (κ1) is 26.7. The molecule has 0 aliphatic carbocycles. The van der Waals surface area contributed by atoms with E-state index in [0.717, 1.165) is 48.3 Å². The monoisotopic (exact) mass is 476 g/mol. The van der Waals surface area contributed by atoms with Gasteiger partial charge in [-0.05, 0) is 36.7 Å². The fourth-order valence-electron chi connectivity index (χ4n) is 3.87. The van der Waals surface area contributed by atoms with Crippen LogP contribution < -0.4 is 5.32 Å². The molecule has 0 spiro atoms. The Morgan fingerprint density at radius 1 is 1.00 bits per heavy atom. The first-order valence-electron chi connectivity index (χ1n) is 12.4. The van der Waals surface area contributed by atoms with Gasteiger partial charge in [0.2, 0.25) is 0 Å². The Bertz CT molecular complexity index is 735. The first-order valence-corrected chi connectivity index (χ1v) is 13.2. The van der Waals surface area contributed by atoms with Gasteiger partial charge in [-0.2, -0.15) is 0 Å². The minimum Gasteiger partial charge on any atom is -0.363 e. The Labute approximate surface area is 205 Å². The van der Waals surface area contributed by atoms with Crippen LogP contribution >= 0.6 is 23.8 Å². The van der Waals surface area contributed by atoms with Gasteiger partial charge < -0.3 is 14.8 Å². The molecule has 0 atom stereocenters. The zero-order valence-electron chi connectivity index (χ0n) is 19.8. The van der Waals surface area contributed by atoms with E-state index in [4.69, 9.17) is 23.8 Å². The average molecular weight is 477 g/mol. The molecule has 178 valence electrons. The van der Waals surface area contributed by atoms with Gasteiger partial charge in [0.15, 0.2) is 5.11 Å². The highest BCUT2D eigenvalue weighted by molar-refractivity contribution is 7.80. The number of hydrogen-bond donors (Lipinski definition) is 1. The SMILES string of the molecule is CCCCCCCCCCCCNC(=S)N(CCCn1ccnc1)Cc1ccccc1Cl. The van der Waals surface area contributed by atoms with Crippen molar-refractivity contribution in [2.75, 3.05) is 13.1 Å². The Hall–Kier alpha value is -1.59. The maximum Gasteiger partial charge on any atom is 0.169 e. The van der Waals surface area contributed by atoms with Crippen molar-refractivity contribution >= 4 is 28.9 Å². The molecule has 0 saturated carbocycles. The third kappa shape index (κ3) is 11.3. The standard InChI is InChI=1S/C26H41ClN4S/c1-2-3-4-5-6-7-8-9-10-13-17-29-26(32)31(20-14-19-30-21-18-28-23-30)22-24-15-11-12-16-25(24)27/h11-12,15-16,18,21,23H,2-10,13-14,17,19-20,22H2,1H3,(H,29,32). The average Bonchev–Trinajstić information content (AvgIpc) is 3.31. The molecule has 4 nitrogen and oxygen atoms in total. The maximum absolute atomic E-state index is 6.41.